The standard InChI is InChI=1S/C27H27N7O/c1-18-28-17-34(32-18)23-13-10-20-16-24(23)35-15-7-6-14-33(2)26-22-12-11-21(19-8-4-3-5-9-19)25(22)30-27(29-20)31-26/h3-10,13,16-17,21H,11-12,14-15H2,1-2H3,(H,29,30,31). The van der Waals surface area contributed by atoms with Crippen LogP contribution in [-0.4, -0.2) is 44.9 Å². The number of benzene rings is 2. The number of rotatable bonds is 2. The molecule has 2 aromatic carbocycles. The summed E-state index contributed by atoms with van der Waals surface area (Å²) < 4.78 is 7.86. The van der Waals surface area contributed by atoms with Gasteiger partial charge in [0.15, 0.2) is 0 Å². The second-order valence-corrected chi connectivity index (χ2v) is 8.94. The molecule has 1 aliphatic heterocycles. The normalized spacial score (nSPS) is 17.0. The Morgan fingerprint density at radius 2 is 1.94 bits per heavy atom. The molecule has 4 bridgehead atoms. The van der Waals surface area contributed by atoms with Gasteiger partial charge in [-0.25, -0.2) is 14.6 Å². The first-order valence-electron chi connectivity index (χ1n) is 11.9. The molecular formula is C27H27N7O. The van der Waals surface area contributed by atoms with E-state index in [4.69, 9.17) is 14.7 Å². The Bertz CT molecular complexity index is 1400. The van der Waals surface area contributed by atoms with E-state index in [0.29, 0.717) is 24.1 Å². The lowest BCUT2D eigenvalue weighted by Crippen LogP contribution is -2.21. The first-order chi connectivity index (χ1) is 17.2. The minimum absolute atomic E-state index is 0.268. The maximum absolute atomic E-state index is 6.13. The molecule has 4 aromatic rings. The van der Waals surface area contributed by atoms with E-state index in [0.717, 1.165) is 42.3 Å². The number of likely N-dealkylation sites (N-methyl/N-ethyl adjacent to an activating group) is 1. The number of hydrogen-bond donors (Lipinski definition) is 1. The number of nitrogens with one attached hydrogen (secondary N) is 1. The van der Waals surface area contributed by atoms with Crippen LogP contribution < -0.4 is 15.0 Å². The fraction of sp³-hybridized carbons (Fsp3) is 0.259. The number of aryl methyl sites for hydroxylation is 1. The van der Waals surface area contributed by atoms with Crippen molar-refractivity contribution in [2.24, 2.45) is 0 Å². The van der Waals surface area contributed by atoms with Crippen LogP contribution in [0.4, 0.5) is 17.5 Å². The van der Waals surface area contributed by atoms with Gasteiger partial charge in [0, 0.05) is 36.8 Å². The van der Waals surface area contributed by atoms with Crippen LogP contribution in [0.25, 0.3) is 5.69 Å². The molecule has 8 nitrogen and oxygen atoms in total. The molecular weight excluding hydrogens is 438 g/mol. The molecule has 6 rings (SSSR count). The van der Waals surface area contributed by atoms with Crippen molar-refractivity contribution in [3.05, 3.63) is 89.7 Å². The highest BCUT2D eigenvalue weighted by Gasteiger charge is 2.30. The van der Waals surface area contributed by atoms with E-state index in [-0.39, 0.29) is 5.92 Å². The van der Waals surface area contributed by atoms with Crippen molar-refractivity contribution >= 4 is 17.5 Å². The van der Waals surface area contributed by atoms with E-state index in [1.54, 1.807) is 11.0 Å². The van der Waals surface area contributed by atoms with Crippen LogP contribution in [0.1, 0.15) is 35.0 Å². The van der Waals surface area contributed by atoms with Crippen molar-refractivity contribution in [2.75, 3.05) is 30.4 Å². The first kappa shape index (κ1) is 21.3. The number of anilines is 3. The molecule has 35 heavy (non-hydrogen) atoms. The van der Waals surface area contributed by atoms with Gasteiger partial charge in [-0.05, 0) is 43.5 Å². The Morgan fingerprint density at radius 1 is 1.06 bits per heavy atom. The van der Waals surface area contributed by atoms with Crippen LogP contribution in [-0.2, 0) is 6.42 Å². The SMILES string of the molecule is Cc1ncn(-c2ccc3cc2OCC=CCN(C)c2nc(nc4c2CCC4c2ccccc2)N3)n1. The molecule has 0 spiro atoms. The molecule has 8 heteroatoms. The zero-order chi connectivity index (χ0) is 23.8. The maximum atomic E-state index is 6.13. The molecule has 1 N–H and O–H groups in total. The summed E-state index contributed by atoms with van der Waals surface area (Å²) >= 11 is 0. The second-order valence-electron chi connectivity index (χ2n) is 8.94. The van der Waals surface area contributed by atoms with Gasteiger partial charge < -0.3 is 15.0 Å². The van der Waals surface area contributed by atoms with Crippen LogP contribution in [0.2, 0.25) is 0 Å². The summed E-state index contributed by atoms with van der Waals surface area (Å²) in [6, 6.07) is 16.6. The summed E-state index contributed by atoms with van der Waals surface area (Å²) in [7, 11) is 2.08. The van der Waals surface area contributed by atoms with Gasteiger partial charge in [-0.2, -0.15) is 10.1 Å². The Hall–Kier alpha value is -4.20. The van der Waals surface area contributed by atoms with Crippen molar-refractivity contribution in [3.63, 3.8) is 0 Å². The predicted molar refractivity (Wildman–Crippen MR) is 136 cm³/mol. The predicted octanol–water partition coefficient (Wildman–Crippen LogP) is 4.57. The van der Waals surface area contributed by atoms with Gasteiger partial charge in [0.05, 0.1) is 5.69 Å². The average Bonchev–Trinajstić information content (AvgIpc) is 3.50. The van der Waals surface area contributed by atoms with Gasteiger partial charge in [0.25, 0.3) is 0 Å². The molecule has 0 saturated heterocycles. The van der Waals surface area contributed by atoms with Gasteiger partial charge in [0.1, 0.15) is 36.0 Å². The van der Waals surface area contributed by atoms with Crippen molar-refractivity contribution in [1.29, 1.82) is 0 Å². The van der Waals surface area contributed by atoms with E-state index >= 15 is 0 Å². The molecule has 2 aliphatic rings. The summed E-state index contributed by atoms with van der Waals surface area (Å²) in [6.45, 7) is 3.05. The second kappa shape index (κ2) is 8.87. The smallest absolute Gasteiger partial charge is 0.229 e. The lowest BCUT2D eigenvalue weighted by molar-refractivity contribution is 0.360. The van der Waals surface area contributed by atoms with Gasteiger partial charge in [-0.3, -0.25) is 0 Å². The first-order valence-corrected chi connectivity index (χ1v) is 11.9. The van der Waals surface area contributed by atoms with E-state index in [1.165, 1.54) is 11.1 Å². The van der Waals surface area contributed by atoms with Crippen molar-refractivity contribution in [2.45, 2.75) is 25.7 Å². The highest BCUT2D eigenvalue weighted by molar-refractivity contribution is 5.64. The molecule has 1 aliphatic carbocycles. The summed E-state index contributed by atoms with van der Waals surface area (Å²) in [5.74, 6) is 3.26. The molecule has 0 fully saturated rings. The number of ether oxygens (including phenoxy) is 1. The summed E-state index contributed by atoms with van der Waals surface area (Å²) in [4.78, 5) is 16.4. The number of aromatic nitrogens is 5. The number of nitrogens with zero attached hydrogens (tertiary/aromatic N) is 6. The largest absolute Gasteiger partial charge is 0.487 e. The average molecular weight is 466 g/mol. The Kier molecular flexibility index (Phi) is 5.41. The maximum Gasteiger partial charge on any atom is 0.229 e. The molecule has 0 saturated carbocycles. The molecule has 2 aromatic heterocycles. The summed E-state index contributed by atoms with van der Waals surface area (Å²) in [5, 5.41) is 7.88. The Balaban J connectivity index is 1.44. The highest BCUT2D eigenvalue weighted by atomic mass is 16.5. The fourth-order valence-electron chi connectivity index (χ4n) is 4.84. The zero-order valence-corrected chi connectivity index (χ0v) is 19.8. The Labute approximate surface area is 204 Å². The lowest BCUT2D eigenvalue weighted by atomic mass is 9.97. The van der Waals surface area contributed by atoms with Crippen molar-refractivity contribution in [1.82, 2.24) is 24.7 Å². The van der Waals surface area contributed by atoms with Crippen molar-refractivity contribution < 1.29 is 4.74 Å². The summed E-state index contributed by atoms with van der Waals surface area (Å²) in [6.07, 6.45) is 7.87. The molecule has 1 atom stereocenters. The minimum Gasteiger partial charge on any atom is -0.487 e. The monoisotopic (exact) mass is 465 g/mol. The van der Waals surface area contributed by atoms with Crippen LogP contribution in [0.15, 0.2) is 67.0 Å². The van der Waals surface area contributed by atoms with Crippen LogP contribution in [0, 0.1) is 6.92 Å². The van der Waals surface area contributed by atoms with E-state index < -0.39 is 0 Å². The fourth-order valence-corrected chi connectivity index (χ4v) is 4.84. The van der Waals surface area contributed by atoms with Gasteiger partial charge in [-0.15, -0.1) is 0 Å². The van der Waals surface area contributed by atoms with Gasteiger partial charge >= 0.3 is 0 Å². The van der Waals surface area contributed by atoms with Crippen molar-refractivity contribution in [3.8, 4) is 11.4 Å². The van der Waals surface area contributed by atoms with Crippen LogP contribution in [0.5, 0.6) is 5.75 Å². The van der Waals surface area contributed by atoms with Gasteiger partial charge in [-0.1, -0.05) is 36.4 Å². The van der Waals surface area contributed by atoms with Crippen LogP contribution in [0.3, 0.4) is 0 Å². The summed E-state index contributed by atoms with van der Waals surface area (Å²) in [5.41, 5.74) is 5.33. The van der Waals surface area contributed by atoms with Crippen LogP contribution >= 0.6 is 0 Å². The molecule has 0 radical (unpaired) electrons. The number of fused-ring (bicyclic) bond motifs is 6. The molecule has 0 amide bonds. The molecule has 1 unspecified atom stereocenters. The third-order valence-electron chi connectivity index (χ3n) is 6.54. The quantitative estimate of drug-likeness (QED) is 0.434. The lowest BCUT2D eigenvalue weighted by Gasteiger charge is -2.21. The van der Waals surface area contributed by atoms with E-state index in [2.05, 4.69) is 63.8 Å². The third-order valence-corrected chi connectivity index (χ3v) is 6.54. The molecule has 3 heterocycles. The number of hydrogen-bond acceptors (Lipinski definition) is 7. The molecule has 176 valence electrons. The zero-order valence-electron chi connectivity index (χ0n) is 19.8. The minimum atomic E-state index is 0.268. The van der Waals surface area contributed by atoms with E-state index in [9.17, 15) is 0 Å². The topological polar surface area (TPSA) is 81.0 Å². The highest BCUT2D eigenvalue weighted by Crippen LogP contribution is 2.41. The third kappa shape index (κ3) is 4.12. The van der Waals surface area contributed by atoms with Gasteiger partial charge in [0.2, 0.25) is 5.95 Å². The van der Waals surface area contributed by atoms with E-state index in [1.807, 2.05) is 31.2 Å². The Morgan fingerprint density at radius 3 is 2.77 bits per heavy atom.